The van der Waals surface area contributed by atoms with Gasteiger partial charge in [-0.1, -0.05) is 0 Å². The third kappa shape index (κ3) is 6.48. The molecule has 4 heteroatoms. The average molecular weight is 800 g/mol. The van der Waals surface area contributed by atoms with Crippen LogP contribution in [0.2, 0.25) is 13.1 Å². The van der Waals surface area contributed by atoms with Gasteiger partial charge < -0.3 is 0 Å². The zero-order valence-electron chi connectivity index (χ0n) is 31.6. The third-order valence-corrected chi connectivity index (χ3v) is 63.7. The van der Waals surface area contributed by atoms with Crippen LogP contribution >= 0.6 is 17.0 Å². The van der Waals surface area contributed by atoms with Crippen LogP contribution < -0.4 is 0 Å². The molecular weight excluding hydrogens is 743 g/mol. The van der Waals surface area contributed by atoms with E-state index in [0.29, 0.717) is 11.8 Å². The number of hydrogen-bond acceptors (Lipinski definition) is 0. The van der Waals surface area contributed by atoms with E-state index in [4.69, 9.17) is 17.0 Å². The van der Waals surface area contributed by atoms with E-state index < -0.39 is 21.5 Å². The summed E-state index contributed by atoms with van der Waals surface area (Å²) in [6.45, 7) is 18.8. The fourth-order valence-corrected chi connectivity index (χ4v) is 40.7. The number of hydrogen-bond donors (Lipinski definition) is 0. The number of rotatable bonds is 13. The van der Waals surface area contributed by atoms with Gasteiger partial charge in [0.25, 0.3) is 0 Å². The Morgan fingerprint density at radius 1 is 0.560 bits per heavy atom. The molecule has 0 N–H and O–H groups in total. The van der Waals surface area contributed by atoms with Gasteiger partial charge in [-0.15, -0.1) is 0 Å². The number of halogens is 2. The molecule has 0 radical (unpaired) electrons. The van der Waals surface area contributed by atoms with Gasteiger partial charge in [0.05, 0.1) is 0 Å². The minimum atomic E-state index is -4.89. The molecule has 0 heterocycles. The summed E-state index contributed by atoms with van der Waals surface area (Å²) in [5.74, 6) is -0.781. The van der Waals surface area contributed by atoms with Crippen LogP contribution in [0.5, 0.6) is 0 Å². The summed E-state index contributed by atoms with van der Waals surface area (Å²) in [5, 5.41) is 0. The molecule has 0 nitrogen and oxygen atoms in total. The van der Waals surface area contributed by atoms with Crippen molar-refractivity contribution in [2.45, 2.75) is 112 Å². The molecule has 0 fully saturated rings. The molecule has 2 atom stereocenters. The second kappa shape index (κ2) is 15.2. The molecule has 0 saturated carbocycles. The van der Waals surface area contributed by atoms with Crippen molar-refractivity contribution < 1.29 is 15.6 Å². The quantitative estimate of drug-likeness (QED) is 0.118. The van der Waals surface area contributed by atoms with Crippen LogP contribution in [0.15, 0.2) is 96.1 Å². The molecule has 2 aliphatic rings. The van der Waals surface area contributed by atoms with E-state index in [1.54, 1.807) is 0 Å². The monoisotopic (exact) mass is 797 g/mol. The van der Waals surface area contributed by atoms with Gasteiger partial charge in [0.2, 0.25) is 0 Å². The van der Waals surface area contributed by atoms with E-state index in [-0.39, 0.29) is 7.25 Å². The molecule has 2 unspecified atom stereocenters. The van der Waals surface area contributed by atoms with Gasteiger partial charge in [0, 0.05) is 0 Å². The predicted molar refractivity (Wildman–Crippen MR) is 223 cm³/mol. The van der Waals surface area contributed by atoms with Crippen LogP contribution in [0.3, 0.4) is 0 Å². The minimum absolute atomic E-state index is 0.117. The fraction of sp³-hybridized carbons (Fsp3) is 0.391. The SMILES string of the molecule is CCCCC1=Cc2c(-c3ccccc3C(C)C)cccc2[CH]1[Zr]([Cl])([Cl])([CH]1C(CCCC)=Cc2c(-c3ccccc3C(C)C)cccc21)[SiH](C)C. The first-order valence-corrected chi connectivity index (χ1v) is 35.7. The Balaban J connectivity index is 1.61. The van der Waals surface area contributed by atoms with Crippen molar-refractivity contribution >= 4 is 35.1 Å². The molecule has 0 amide bonds. The summed E-state index contributed by atoms with van der Waals surface area (Å²) < 4.78 is 0.235. The van der Waals surface area contributed by atoms with Gasteiger partial charge in [-0.05, 0) is 0 Å². The summed E-state index contributed by atoms with van der Waals surface area (Å²) in [5.41, 5.74) is 16.7. The first-order valence-electron chi connectivity index (χ1n) is 19.4. The predicted octanol–water partition coefficient (Wildman–Crippen LogP) is 15.2. The van der Waals surface area contributed by atoms with Crippen LogP contribution in [0.1, 0.15) is 133 Å². The molecule has 263 valence electrons. The average Bonchev–Trinajstić information content (AvgIpc) is 3.69. The second-order valence-electron chi connectivity index (χ2n) is 16.0. The topological polar surface area (TPSA) is 0 Å². The number of benzene rings is 4. The van der Waals surface area contributed by atoms with Crippen molar-refractivity contribution in [3.8, 4) is 22.3 Å². The molecule has 2 aliphatic carbocycles. The molecule has 0 spiro atoms. The summed E-state index contributed by atoms with van der Waals surface area (Å²) in [6.07, 6.45) is 11.8. The van der Waals surface area contributed by atoms with Gasteiger partial charge >= 0.3 is 315 Å². The molecule has 4 aromatic rings. The first kappa shape index (κ1) is 37.8. The van der Waals surface area contributed by atoms with Crippen molar-refractivity contribution in [2.75, 3.05) is 0 Å². The number of allylic oxidation sites excluding steroid dienone is 2. The standard InChI is InChI=1S/2C22H25.C2H7Si.2ClH.Zr/c2*1-4-5-9-17-14-18-10-8-13-21(22(18)15-17)20-12-7-6-11-19(20)16(2)3;1-3-2;;;/h2*6-8,10-16H,4-5,9H2,1-3H3;3H,1-2H3;2*1H;/q;;;;;+2/p-2. The Morgan fingerprint density at radius 3 is 1.30 bits per heavy atom. The molecule has 0 saturated heterocycles. The van der Waals surface area contributed by atoms with Crippen LogP contribution in [-0.2, 0) is 15.6 Å². The normalized spacial score (nSPS) is 17.9. The molecule has 50 heavy (non-hydrogen) atoms. The van der Waals surface area contributed by atoms with Crippen molar-refractivity contribution in [1.82, 2.24) is 0 Å². The van der Waals surface area contributed by atoms with E-state index in [1.165, 1.54) is 66.8 Å². The van der Waals surface area contributed by atoms with Crippen molar-refractivity contribution in [2.24, 2.45) is 0 Å². The van der Waals surface area contributed by atoms with Crippen LogP contribution in [0.25, 0.3) is 34.4 Å². The number of unbranched alkanes of at least 4 members (excludes halogenated alkanes) is 2. The zero-order valence-corrected chi connectivity index (χ0v) is 36.7. The number of fused-ring (bicyclic) bond motifs is 2. The molecular formula is C46H57Cl2SiZr. The maximum atomic E-state index is 8.86. The van der Waals surface area contributed by atoms with Gasteiger partial charge in [-0.3, -0.25) is 0 Å². The summed E-state index contributed by atoms with van der Waals surface area (Å²) in [7, 11) is 17.7. The van der Waals surface area contributed by atoms with E-state index in [2.05, 4.69) is 152 Å². The Hall–Kier alpha value is -1.96. The van der Waals surface area contributed by atoms with Gasteiger partial charge in [0.15, 0.2) is 0 Å². The summed E-state index contributed by atoms with van der Waals surface area (Å²) in [4.78, 5) is 0. The molecule has 0 aliphatic heterocycles. The molecule has 6 rings (SSSR count). The zero-order chi connectivity index (χ0) is 35.8. The van der Waals surface area contributed by atoms with Gasteiger partial charge in [-0.25, -0.2) is 0 Å². The fourth-order valence-electron chi connectivity index (χ4n) is 9.22. The van der Waals surface area contributed by atoms with E-state index >= 15 is 0 Å². The summed E-state index contributed by atoms with van der Waals surface area (Å²) >= 11 is -4.89. The van der Waals surface area contributed by atoms with Crippen molar-refractivity contribution in [3.63, 3.8) is 0 Å². The van der Waals surface area contributed by atoms with Crippen molar-refractivity contribution in [3.05, 3.63) is 129 Å². The Morgan fingerprint density at radius 2 is 0.940 bits per heavy atom. The Labute approximate surface area is 312 Å². The van der Waals surface area contributed by atoms with E-state index in [0.717, 1.165) is 38.5 Å². The van der Waals surface area contributed by atoms with Gasteiger partial charge in [0.1, 0.15) is 0 Å². The van der Waals surface area contributed by atoms with Crippen molar-refractivity contribution in [1.29, 1.82) is 0 Å². The molecule has 4 aromatic carbocycles. The maximum absolute atomic E-state index is 8.86. The van der Waals surface area contributed by atoms with E-state index in [9.17, 15) is 0 Å². The first-order chi connectivity index (χ1) is 23.9. The van der Waals surface area contributed by atoms with Crippen LogP contribution in [-0.4, -0.2) is 5.92 Å². The van der Waals surface area contributed by atoms with E-state index in [1.807, 2.05) is 0 Å². The Kier molecular flexibility index (Phi) is 11.5. The van der Waals surface area contributed by atoms with Crippen LogP contribution in [0.4, 0.5) is 0 Å². The third-order valence-electron chi connectivity index (χ3n) is 11.9. The second-order valence-corrected chi connectivity index (χ2v) is 58.5. The molecule has 0 bridgehead atoms. The van der Waals surface area contributed by atoms with Crippen LogP contribution in [0, 0.1) is 0 Å². The Bertz CT molecular complexity index is 1800. The summed E-state index contributed by atoms with van der Waals surface area (Å²) in [6, 6.07) is 32.0. The van der Waals surface area contributed by atoms with Gasteiger partial charge in [-0.2, -0.15) is 0 Å². The molecule has 0 aromatic heterocycles.